The Bertz CT molecular complexity index is 1430. The number of ether oxygens (including phenoxy) is 2. The van der Waals surface area contributed by atoms with Gasteiger partial charge >= 0.3 is 0 Å². The number of phenolic OH excluding ortho intramolecular Hbond substituents is 1. The fourth-order valence-corrected chi connectivity index (χ4v) is 5.21. The van der Waals surface area contributed by atoms with Crippen LogP contribution in [-0.4, -0.2) is 77.8 Å². The van der Waals surface area contributed by atoms with E-state index in [0.717, 1.165) is 16.8 Å². The van der Waals surface area contributed by atoms with Crippen LogP contribution in [0.5, 0.6) is 11.5 Å². The number of H-pyrrole nitrogens is 1. The Morgan fingerprint density at radius 2 is 1.85 bits per heavy atom. The molecule has 0 saturated heterocycles. The second kappa shape index (κ2) is 12.9. The second-order valence-electron chi connectivity index (χ2n) is 10.2. The third kappa shape index (κ3) is 6.51. The number of aromatic amines is 1. The van der Waals surface area contributed by atoms with E-state index >= 15 is 0 Å². The van der Waals surface area contributed by atoms with Gasteiger partial charge in [0.05, 0.1) is 25.9 Å². The zero-order valence-electron chi connectivity index (χ0n) is 23.1. The molecule has 2 aliphatic heterocycles. The lowest BCUT2D eigenvalue weighted by molar-refractivity contribution is -0.121. The molecule has 0 radical (unpaired) electrons. The van der Waals surface area contributed by atoms with Crippen molar-refractivity contribution >= 4 is 17.7 Å². The Hall–Kier alpha value is -4.38. The zero-order valence-corrected chi connectivity index (χ0v) is 23.1. The molecule has 2 aromatic carbocycles. The number of carbonyl (C=O) groups excluding carboxylic acids is 3. The van der Waals surface area contributed by atoms with Gasteiger partial charge in [0, 0.05) is 55.8 Å². The van der Waals surface area contributed by atoms with Crippen LogP contribution in [0.4, 0.5) is 0 Å². The third-order valence-electron chi connectivity index (χ3n) is 7.46. The number of aromatic nitrogens is 2. The molecular formula is C30H35N5O6. The van der Waals surface area contributed by atoms with Crippen LogP contribution in [0, 0.1) is 0 Å². The maximum atomic E-state index is 13.5. The minimum Gasteiger partial charge on any atom is -0.507 e. The van der Waals surface area contributed by atoms with Gasteiger partial charge in [0.1, 0.15) is 11.5 Å². The standard InChI is InChI=1S/C30H35N5O6/c1-40-26-8-6-20-17-22(26)29(38)32-11-3-14-35(30(39)28-23-18-41-15-10-24(23)33-34-28)13-2-4-27(37)31-12-9-19-5-7-25(36)21(20)16-19/h5-8,16-17,36H,2-4,9-15,18H2,1H3,(H,31,37)(H,32,38)(H,33,34). The molecule has 4 bridgehead atoms. The number of aromatic hydroxyl groups is 1. The number of rotatable bonds is 2. The predicted molar refractivity (Wildman–Crippen MR) is 151 cm³/mol. The summed E-state index contributed by atoms with van der Waals surface area (Å²) in [6.45, 7) is 2.42. The van der Waals surface area contributed by atoms with E-state index in [4.69, 9.17) is 9.47 Å². The quantitative estimate of drug-likeness (QED) is 0.376. The van der Waals surface area contributed by atoms with Crippen molar-refractivity contribution in [2.24, 2.45) is 0 Å². The molecule has 0 spiro atoms. The van der Waals surface area contributed by atoms with Gasteiger partial charge in [0.15, 0.2) is 5.69 Å². The van der Waals surface area contributed by atoms with Crippen LogP contribution in [0.3, 0.4) is 0 Å². The SMILES string of the molecule is COc1ccc2cc1C(=O)NCCCN(C(=O)c1n[nH]c3c1COCC3)CCCC(=O)NCCc1ccc(O)c-2c1. The molecule has 0 saturated carbocycles. The van der Waals surface area contributed by atoms with Crippen LogP contribution in [0.25, 0.3) is 11.1 Å². The van der Waals surface area contributed by atoms with Crippen LogP contribution in [0.2, 0.25) is 0 Å². The van der Waals surface area contributed by atoms with Crippen molar-refractivity contribution in [3.63, 3.8) is 0 Å². The summed E-state index contributed by atoms with van der Waals surface area (Å²) in [6, 6.07) is 10.5. The van der Waals surface area contributed by atoms with Gasteiger partial charge in [-0.1, -0.05) is 12.1 Å². The molecular weight excluding hydrogens is 526 g/mol. The smallest absolute Gasteiger partial charge is 0.274 e. The van der Waals surface area contributed by atoms with Gasteiger partial charge in [-0.15, -0.1) is 0 Å². The van der Waals surface area contributed by atoms with E-state index in [-0.39, 0.29) is 29.9 Å². The van der Waals surface area contributed by atoms with E-state index in [1.54, 1.807) is 29.2 Å². The average molecular weight is 562 g/mol. The highest BCUT2D eigenvalue weighted by Gasteiger charge is 2.26. The highest BCUT2D eigenvalue weighted by atomic mass is 16.5. The van der Waals surface area contributed by atoms with Crippen molar-refractivity contribution in [3.8, 4) is 22.6 Å². The number of benzene rings is 2. The Balaban J connectivity index is 1.37. The molecule has 5 rings (SSSR count). The first kappa shape index (κ1) is 28.2. The number of nitrogens with zero attached hydrogens (tertiary/aromatic N) is 2. The lowest BCUT2D eigenvalue weighted by Gasteiger charge is -2.23. The van der Waals surface area contributed by atoms with Crippen molar-refractivity contribution in [1.29, 1.82) is 0 Å². The number of hydrogen-bond donors (Lipinski definition) is 4. The first-order chi connectivity index (χ1) is 19.9. The van der Waals surface area contributed by atoms with Crippen LogP contribution in [0.1, 0.15) is 56.9 Å². The van der Waals surface area contributed by atoms with E-state index in [9.17, 15) is 19.5 Å². The molecule has 3 amide bonds. The molecule has 0 atom stereocenters. The zero-order chi connectivity index (χ0) is 28.8. The fourth-order valence-electron chi connectivity index (χ4n) is 5.21. The number of nitrogens with one attached hydrogen (secondary N) is 3. The van der Waals surface area contributed by atoms with Crippen LogP contribution < -0.4 is 15.4 Å². The van der Waals surface area contributed by atoms with Gasteiger partial charge in [-0.25, -0.2) is 0 Å². The summed E-state index contributed by atoms with van der Waals surface area (Å²) < 4.78 is 11.0. The largest absolute Gasteiger partial charge is 0.507 e. The maximum absolute atomic E-state index is 13.5. The predicted octanol–water partition coefficient (Wildman–Crippen LogP) is 2.58. The highest BCUT2D eigenvalue weighted by Crippen LogP contribution is 2.33. The number of methoxy groups -OCH3 is 1. The Morgan fingerprint density at radius 3 is 2.71 bits per heavy atom. The van der Waals surface area contributed by atoms with E-state index in [1.807, 2.05) is 12.1 Å². The molecule has 0 unspecified atom stereocenters. The third-order valence-corrected chi connectivity index (χ3v) is 7.46. The van der Waals surface area contributed by atoms with E-state index in [2.05, 4.69) is 20.8 Å². The summed E-state index contributed by atoms with van der Waals surface area (Å²) in [7, 11) is 1.50. The summed E-state index contributed by atoms with van der Waals surface area (Å²) in [5.41, 5.74) is 4.57. The van der Waals surface area contributed by atoms with Gasteiger partial charge in [-0.2, -0.15) is 5.10 Å². The molecule has 3 aromatic rings. The summed E-state index contributed by atoms with van der Waals surface area (Å²) in [5.74, 6) is -0.123. The van der Waals surface area contributed by atoms with E-state index < -0.39 is 0 Å². The van der Waals surface area contributed by atoms with E-state index in [0.29, 0.717) is 93.2 Å². The van der Waals surface area contributed by atoms with Gasteiger partial charge in [0.25, 0.3) is 11.8 Å². The highest BCUT2D eigenvalue weighted by molar-refractivity contribution is 5.98. The molecule has 2 aliphatic rings. The number of carbonyl (C=O) groups is 3. The van der Waals surface area contributed by atoms with Crippen molar-refractivity contribution < 1.29 is 29.0 Å². The molecule has 3 heterocycles. The number of amides is 3. The lowest BCUT2D eigenvalue weighted by atomic mass is 9.98. The molecule has 4 N–H and O–H groups in total. The summed E-state index contributed by atoms with van der Waals surface area (Å²) in [6.07, 6.45) is 2.50. The Morgan fingerprint density at radius 1 is 1.00 bits per heavy atom. The lowest BCUT2D eigenvalue weighted by Crippen LogP contribution is -2.36. The monoisotopic (exact) mass is 561 g/mol. The first-order valence-corrected chi connectivity index (χ1v) is 13.9. The minimum atomic E-state index is -0.316. The Labute approximate surface area is 238 Å². The average Bonchev–Trinajstić information content (AvgIpc) is 3.42. The Kier molecular flexibility index (Phi) is 8.83. The molecule has 41 heavy (non-hydrogen) atoms. The van der Waals surface area contributed by atoms with Gasteiger partial charge in [-0.3, -0.25) is 19.5 Å². The summed E-state index contributed by atoms with van der Waals surface area (Å²) >= 11 is 0. The first-order valence-electron chi connectivity index (χ1n) is 13.9. The normalized spacial score (nSPS) is 16.9. The minimum absolute atomic E-state index is 0.0908. The maximum Gasteiger partial charge on any atom is 0.274 e. The molecule has 0 fully saturated rings. The van der Waals surface area contributed by atoms with Crippen LogP contribution in [-0.2, 0) is 29.0 Å². The molecule has 0 aliphatic carbocycles. The molecule has 11 heteroatoms. The summed E-state index contributed by atoms with van der Waals surface area (Å²) in [4.78, 5) is 41.0. The fraction of sp³-hybridized carbons (Fsp3) is 0.400. The number of phenols is 1. The molecule has 1 aromatic heterocycles. The van der Waals surface area contributed by atoms with Crippen molar-refractivity contribution in [1.82, 2.24) is 25.7 Å². The number of hydrogen-bond acceptors (Lipinski definition) is 7. The van der Waals surface area contributed by atoms with Gasteiger partial charge < -0.3 is 30.1 Å². The van der Waals surface area contributed by atoms with E-state index in [1.165, 1.54) is 7.11 Å². The van der Waals surface area contributed by atoms with Gasteiger partial charge in [0.2, 0.25) is 5.91 Å². The van der Waals surface area contributed by atoms with Crippen LogP contribution >= 0.6 is 0 Å². The van der Waals surface area contributed by atoms with Crippen molar-refractivity contribution in [2.75, 3.05) is 39.9 Å². The second-order valence-corrected chi connectivity index (χ2v) is 10.2. The molecule has 11 nitrogen and oxygen atoms in total. The van der Waals surface area contributed by atoms with Crippen LogP contribution in [0.15, 0.2) is 36.4 Å². The summed E-state index contributed by atoms with van der Waals surface area (Å²) in [5, 5.41) is 23.7. The number of fused-ring (bicyclic) bond motifs is 6. The topological polar surface area (TPSA) is 146 Å². The van der Waals surface area contributed by atoms with Gasteiger partial charge in [-0.05, 0) is 54.7 Å². The molecule has 216 valence electrons. The van der Waals surface area contributed by atoms with Crippen molar-refractivity contribution in [2.45, 2.75) is 38.7 Å². The van der Waals surface area contributed by atoms with Crippen molar-refractivity contribution in [3.05, 3.63) is 64.5 Å².